The van der Waals surface area contributed by atoms with E-state index >= 15 is 0 Å². The van der Waals surface area contributed by atoms with Gasteiger partial charge in [0.25, 0.3) is 0 Å². The van der Waals surface area contributed by atoms with Crippen molar-refractivity contribution in [3.8, 4) is 33.4 Å². The van der Waals surface area contributed by atoms with Gasteiger partial charge in [-0.3, -0.25) is 0 Å². The third kappa shape index (κ3) is 14.1. The molecule has 0 heterocycles. The largest absolute Gasteiger partial charge is 1.00 e. The molecule has 5 aromatic rings. The van der Waals surface area contributed by atoms with Gasteiger partial charge in [0.15, 0.2) is 0 Å². The van der Waals surface area contributed by atoms with Gasteiger partial charge in [-0.15, -0.1) is 28.8 Å². The Bertz CT molecular complexity index is 1880. The Balaban J connectivity index is 0.000000576. The second-order valence-electron chi connectivity index (χ2n) is 21.1. The molecule has 0 atom stereocenters. The fourth-order valence-electron chi connectivity index (χ4n) is 7.56. The van der Waals surface area contributed by atoms with Crippen LogP contribution in [-0.2, 0) is 52.3 Å². The molecule has 0 fully saturated rings. The maximum absolute atomic E-state index is 3.96. The molecule has 0 amide bonds. The smallest absolute Gasteiger partial charge is 0.172 e. The molecule has 0 aliphatic heterocycles. The second kappa shape index (κ2) is 20.9. The summed E-state index contributed by atoms with van der Waals surface area (Å²) in [6.07, 6.45) is 3.62. The van der Waals surface area contributed by atoms with E-state index in [4.69, 9.17) is 0 Å². The molecule has 0 saturated heterocycles. The average molecular weight is 895 g/mol. The molecule has 0 spiro atoms. The molecule has 312 valence electrons. The first-order valence-electron chi connectivity index (χ1n) is 21.1. The summed E-state index contributed by atoms with van der Waals surface area (Å²) in [6, 6.07) is 39.9. The number of hydrogen-bond acceptors (Lipinski definition) is 0. The van der Waals surface area contributed by atoms with Crippen LogP contribution >= 0.6 is 0 Å². The van der Waals surface area contributed by atoms with E-state index in [1.807, 2.05) is 30.3 Å². The van der Waals surface area contributed by atoms with Crippen LogP contribution in [0.3, 0.4) is 0 Å². The van der Waals surface area contributed by atoms with Crippen LogP contribution in [0.25, 0.3) is 33.4 Å². The molecule has 0 nitrogen and oxygen atoms in total. The zero-order valence-corrected chi connectivity index (χ0v) is 42.7. The third-order valence-electron chi connectivity index (χ3n) is 10.6. The number of rotatable bonds is 6. The van der Waals surface area contributed by atoms with Gasteiger partial charge in [-0.05, 0) is 61.5 Å². The Morgan fingerprint density at radius 2 is 1.00 bits per heavy atom. The summed E-state index contributed by atoms with van der Waals surface area (Å²) in [6.45, 7) is 36.9. The van der Waals surface area contributed by atoms with Gasteiger partial charge in [0.2, 0.25) is 0 Å². The van der Waals surface area contributed by atoms with E-state index in [1.165, 1.54) is 79.6 Å². The first kappa shape index (κ1) is 51.7. The quantitative estimate of drug-likeness (QED) is 0.146. The molecular weight excluding hydrogens is 823 g/mol. The molecule has 5 aromatic carbocycles. The summed E-state index contributed by atoms with van der Waals surface area (Å²) < 4.78 is 1.75. The third-order valence-corrected chi connectivity index (χ3v) is 11.6. The summed E-state index contributed by atoms with van der Waals surface area (Å²) in [7, 11) is 0. The van der Waals surface area contributed by atoms with Crippen molar-refractivity contribution < 1.29 is 49.0 Å². The zero-order valence-electron chi connectivity index (χ0n) is 38.8. The van der Waals surface area contributed by atoms with Crippen molar-refractivity contribution in [1.82, 2.24) is 0 Å². The minimum absolute atomic E-state index is 0. The minimum Gasteiger partial charge on any atom is -1.00 e. The van der Waals surface area contributed by atoms with Gasteiger partial charge in [-0.1, -0.05) is 160 Å². The summed E-state index contributed by atoms with van der Waals surface area (Å²) in [5, 5.41) is 0. The van der Waals surface area contributed by atoms with Crippen molar-refractivity contribution in [1.29, 1.82) is 0 Å². The van der Waals surface area contributed by atoms with Crippen LogP contribution in [-0.4, -0.2) is 3.21 Å². The Kier molecular flexibility index (Phi) is 18.6. The summed E-state index contributed by atoms with van der Waals surface area (Å²) in [5.41, 5.74) is 16.5. The summed E-state index contributed by atoms with van der Waals surface area (Å²) in [4.78, 5) is 0. The van der Waals surface area contributed by atoms with Crippen LogP contribution in [0.4, 0.5) is 0 Å². The Labute approximate surface area is 383 Å². The van der Waals surface area contributed by atoms with E-state index in [1.54, 1.807) is 27.4 Å². The van der Waals surface area contributed by atoms with Crippen molar-refractivity contribution >= 4 is 3.21 Å². The van der Waals surface area contributed by atoms with Crippen LogP contribution < -0.4 is 24.8 Å². The molecule has 0 N–H and O–H groups in total. The van der Waals surface area contributed by atoms with Crippen LogP contribution in [0.1, 0.15) is 157 Å². The standard InChI is InChI=1S/C41H49.C9H18.C5H5.2ClH.Zr/c1-38(2,3)30-17-13-26(14-18-30)34-22-28-21-29-23-35(27-15-19-31(20-16-27)39(4,5)6)37(41(10,11)12)25-33(29)32(28)24-36(34)40(7,8)9;1-8(2)6-5-7-9(3)4;1-2-4-5-3-1;;;/h13-20,22,24-25H,21H2,1-12H3;8-9H,6-7H2,1-4H3;1-5H;2*1H;/q-1;;-1;;;+2/p-2. The maximum Gasteiger partial charge on any atom is -0.172 e. The maximum atomic E-state index is 3.96. The summed E-state index contributed by atoms with van der Waals surface area (Å²) >= 11 is 1.65. The van der Waals surface area contributed by atoms with E-state index in [9.17, 15) is 0 Å². The van der Waals surface area contributed by atoms with Gasteiger partial charge in [0.05, 0.1) is 0 Å². The Hall–Kier alpha value is -2.44. The molecule has 0 bridgehead atoms. The van der Waals surface area contributed by atoms with Crippen LogP contribution in [0.2, 0.25) is 0 Å². The van der Waals surface area contributed by atoms with Crippen molar-refractivity contribution in [3.63, 3.8) is 0 Å². The molecule has 1 aliphatic carbocycles. The van der Waals surface area contributed by atoms with Gasteiger partial charge in [-0.2, -0.15) is 18.2 Å². The average Bonchev–Trinajstić information content (AvgIpc) is 3.77. The van der Waals surface area contributed by atoms with E-state index in [-0.39, 0.29) is 46.5 Å². The van der Waals surface area contributed by atoms with Crippen molar-refractivity contribution in [2.75, 3.05) is 0 Å². The fraction of sp³-hybridized carbons (Fsp3) is 0.455. The minimum atomic E-state index is 0. The predicted octanol–water partition coefficient (Wildman–Crippen LogP) is 9.79. The number of benzene rings is 4. The summed E-state index contributed by atoms with van der Waals surface area (Å²) in [5.74, 6) is 1.71. The predicted molar refractivity (Wildman–Crippen MR) is 245 cm³/mol. The van der Waals surface area contributed by atoms with Gasteiger partial charge >= 0.3 is 79.8 Å². The van der Waals surface area contributed by atoms with Crippen LogP contribution in [0.5, 0.6) is 0 Å². The fourth-order valence-corrected chi connectivity index (χ4v) is 9.56. The molecule has 6 rings (SSSR count). The van der Waals surface area contributed by atoms with E-state index in [0.29, 0.717) is 0 Å². The molecule has 1 aliphatic rings. The van der Waals surface area contributed by atoms with Gasteiger partial charge in [0.1, 0.15) is 0 Å². The molecule has 0 aromatic heterocycles. The molecule has 0 unspecified atom stereocenters. The molecule has 0 radical (unpaired) electrons. The van der Waals surface area contributed by atoms with Crippen LogP contribution in [0.15, 0.2) is 97.1 Å². The second-order valence-corrected chi connectivity index (χ2v) is 22.8. The molecule has 0 saturated carbocycles. The monoisotopic (exact) mass is 892 g/mol. The first-order valence-corrected chi connectivity index (χ1v) is 22.3. The van der Waals surface area contributed by atoms with Crippen molar-refractivity contribution in [2.45, 2.75) is 152 Å². The Morgan fingerprint density at radius 3 is 1.38 bits per heavy atom. The van der Waals surface area contributed by atoms with Crippen LogP contribution in [0, 0.1) is 17.9 Å². The Morgan fingerprint density at radius 1 is 0.569 bits per heavy atom. The van der Waals surface area contributed by atoms with Crippen molar-refractivity contribution in [3.05, 3.63) is 137 Å². The number of halogens is 2. The van der Waals surface area contributed by atoms with Gasteiger partial charge in [0, 0.05) is 0 Å². The van der Waals surface area contributed by atoms with E-state index < -0.39 is 0 Å². The molecule has 3 heteroatoms. The first-order chi connectivity index (χ1) is 25.9. The molecule has 58 heavy (non-hydrogen) atoms. The normalized spacial score (nSPS) is 12.3. The van der Waals surface area contributed by atoms with Gasteiger partial charge in [-0.25, -0.2) is 12.1 Å². The van der Waals surface area contributed by atoms with E-state index in [2.05, 4.69) is 184 Å². The number of fused-ring (bicyclic) bond motifs is 3. The SMILES string of the molecule is CC(C)(C)c1ccc(-c2[c-]c3c(cc2C(C)(C)C)-c2cc(C(C)(C)C)c(-c4ccc(C(C)(C)C)cc4)cc2C3)cc1.CC(C)C[C](=[Zr+2])CC(C)C.[Cl-].[Cl-].c1cc[cH-]c1. The topological polar surface area (TPSA) is 0 Å². The van der Waals surface area contributed by atoms with E-state index in [0.717, 1.165) is 18.3 Å². The number of hydrogen-bond donors (Lipinski definition) is 0. The zero-order chi connectivity index (χ0) is 41.8. The van der Waals surface area contributed by atoms with Crippen molar-refractivity contribution in [2.24, 2.45) is 11.8 Å². The molecular formula is C55H72Cl2Zr-2. The van der Waals surface area contributed by atoms with Gasteiger partial charge < -0.3 is 24.8 Å².